The molecule has 0 bridgehead atoms. The minimum absolute atomic E-state index is 0.241. The van der Waals surface area contributed by atoms with Gasteiger partial charge in [0.25, 0.3) is 11.8 Å². The average Bonchev–Trinajstić information content (AvgIpc) is 3.00. The molecule has 0 saturated carbocycles. The van der Waals surface area contributed by atoms with Gasteiger partial charge in [-0.25, -0.2) is 10.2 Å². The van der Waals surface area contributed by atoms with E-state index in [1.807, 2.05) is 37.3 Å². The molecular formula is C31H29N3O7. The Bertz CT molecular complexity index is 1580. The average molecular weight is 556 g/mol. The van der Waals surface area contributed by atoms with Crippen molar-refractivity contribution >= 4 is 34.8 Å². The molecule has 0 aliphatic carbocycles. The van der Waals surface area contributed by atoms with Gasteiger partial charge >= 0.3 is 5.97 Å². The molecule has 2 N–H and O–H groups in total. The first kappa shape index (κ1) is 28.6. The van der Waals surface area contributed by atoms with E-state index in [4.69, 9.17) is 18.9 Å². The lowest BCUT2D eigenvalue weighted by atomic mass is 10.0. The van der Waals surface area contributed by atoms with Crippen LogP contribution in [0.5, 0.6) is 23.0 Å². The van der Waals surface area contributed by atoms with E-state index in [1.165, 1.54) is 26.5 Å². The van der Waals surface area contributed by atoms with Crippen molar-refractivity contribution < 1.29 is 33.3 Å². The molecule has 0 fully saturated rings. The number of esters is 1. The highest BCUT2D eigenvalue weighted by molar-refractivity contribution is 6.04. The number of methoxy groups -OCH3 is 2. The summed E-state index contributed by atoms with van der Waals surface area (Å²) in [6.45, 7) is 2.10. The van der Waals surface area contributed by atoms with Gasteiger partial charge in [-0.15, -0.1) is 0 Å². The van der Waals surface area contributed by atoms with E-state index in [2.05, 4.69) is 15.8 Å². The number of hydrogen-bond donors (Lipinski definition) is 2. The molecule has 0 heterocycles. The van der Waals surface area contributed by atoms with Gasteiger partial charge in [-0.1, -0.05) is 30.3 Å². The number of rotatable bonds is 11. The van der Waals surface area contributed by atoms with Crippen LogP contribution in [0.4, 0.5) is 0 Å². The second kappa shape index (κ2) is 13.6. The number of hydrazone groups is 1. The van der Waals surface area contributed by atoms with E-state index in [0.717, 1.165) is 10.8 Å². The minimum Gasteiger partial charge on any atom is -0.494 e. The molecule has 210 valence electrons. The Labute approximate surface area is 236 Å². The van der Waals surface area contributed by atoms with Crippen molar-refractivity contribution in [3.63, 3.8) is 0 Å². The maximum Gasteiger partial charge on any atom is 0.343 e. The first-order valence-electron chi connectivity index (χ1n) is 12.7. The van der Waals surface area contributed by atoms with Gasteiger partial charge < -0.3 is 24.3 Å². The van der Waals surface area contributed by atoms with Gasteiger partial charge in [-0.05, 0) is 66.2 Å². The van der Waals surface area contributed by atoms with Crippen molar-refractivity contribution in [1.82, 2.24) is 10.7 Å². The van der Waals surface area contributed by atoms with Crippen molar-refractivity contribution in [2.75, 3.05) is 27.4 Å². The van der Waals surface area contributed by atoms with Crippen LogP contribution >= 0.6 is 0 Å². The highest BCUT2D eigenvalue weighted by atomic mass is 16.5. The lowest BCUT2D eigenvalue weighted by molar-refractivity contribution is -0.120. The van der Waals surface area contributed by atoms with Gasteiger partial charge in [-0.2, -0.15) is 5.10 Å². The van der Waals surface area contributed by atoms with Crippen LogP contribution in [0.3, 0.4) is 0 Å². The number of amides is 2. The fourth-order valence-electron chi connectivity index (χ4n) is 3.96. The minimum atomic E-state index is -0.614. The Hall–Kier alpha value is -5.38. The van der Waals surface area contributed by atoms with E-state index in [-0.39, 0.29) is 17.9 Å². The summed E-state index contributed by atoms with van der Waals surface area (Å²) in [5.41, 5.74) is 3.53. The van der Waals surface area contributed by atoms with Crippen LogP contribution in [0.15, 0.2) is 84.0 Å². The molecule has 0 aliphatic heterocycles. The van der Waals surface area contributed by atoms with Crippen LogP contribution < -0.4 is 29.7 Å². The zero-order valence-corrected chi connectivity index (χ0v) is 22.8. The lowest BCUT2D eigenvalue weighted by Crippen LogP contribution is -2.34. The van der Waals surface area contributed by atoms with Crippen LogP contribution in [-0.4, -0.2) is 51.4 Å². The predicted molar refractivity (Wildman–Crippen MR) is 154 cm³/mol. The molecule has 41 heavy (non-hydrogen) atoms. The summed E-state index contributed by atoms with van der Waals surface area (Å²) in [6.07, 6.45) is 1.39. The van der Waals surface area contributed by atoms with Crippen LogP contribution in [0.25, 0.3) is 10.8 Å². The topological polar surface area (TPSA) is 125 Å². The Morgan fingerprint density at radius 3 is 2.27 bits per heavy atom. The molecule has 4 rings (SSSR count). The number of hydrogen-bond acceptors (Lipinski definition) is 8. The molecule has 0 aromatic heterocycles. The Morgan fingerprint density at radius 2 is 1.54 bits per heavy atom. The number of carbonyl (C=O) groups is 3. The Balaban J connectivity index is 1.45. The number of ether oxygens (including phenoxy) is 4. The molecule has 4 aromatic rings. The zero-order chi connectivity index (χ0) is 29.2. The summed E-state index contributed by atoms with van der Waals surface area (Å²) in [5, 5.41) is 8.23. The van der Waals surface area contributed by atoms with E-state index in [9.17, 15) is 14.4 Å². The standard InChI is InChI=1S/C31H29N3O7/c1-4-40-23-13-9-21(10-14-23)30(36)32-19-29(35)34-33-18-25-24-8-6-5-7-20(24)11-15-26(25)41-31(37)22-12-16-27(38-2)28(17-22)39-3/h5-18H,4,19H2,1-3H3,(H,32,36)(H,34,35)/b33-18+. The van der Waals surface area contributed by atoms with Crippen LogP contribution in [-0.2, 0) is 4.79 Å². The number of carbonyl (C=O) groups excluding carboxylic acids is 3. The Kier molecular flexibility index (Phi) is 9.50. The van der Waals surface area contributed by atoms with Gasteiger partial charge in [0, 0.05) is 11.1 Å². The van der Waals surface area contributed by atoms with Gasteiger partial charge in [0.1, 0.15) is 11.5 Å². The first-order chi connectivity index (χ1) is 19.9. The monoisotopic (exact) mass is 555 g/mol. The third-order valence-electron chi connectivity index (χ3n) is 5.97. The largest absolute Gasteiger partial charge is 0.494 e. The van der Waals surface area contributed by atoms with Crippen LogP contribution in [0, 0.1) is 0 Å². The van der Waals surface area contributed by atoms with Crippen molar-refractivity contribution in [3.8, 4) is 23.0 Å². The number of nitrogens with zero attached hydrogens (tertiary/aromatic N) is 1. The first-order valence-corrected chi connectivity index (χ1v) is 12.7. The molecule has 0 radical (unpaired) electrons. The quantitative estimate of drug-likeness (QED) is 0.122. The maximum absolute atomic E-state index is 13.0. The molecule has 4 aromatic carbocycles. The van der Waals surface area contributed by atoms with Gasteiger partial charge in [0.05, 0.1) is 39.1 Å². The Morgan fingerprint density at radius 1 is 0.829 bits per heavy atom. The van der Waals surface area contributed by atoms with Crippen LogP contribution in [0.2, 0.25) is 0 Å². The third-order valence-corrected chi connectivity index (χ3v) is 5.97. The highest BCUT2D eigenvalue weighted by Gasteiger charge is 2.16. The van der Waals surface area contributed by atoms with Gasteiger partial charge in [-0.3, -0.25) is 9.59 Å². The van der Waals surface area contributed by atoms with E-state index in [0.29, 0.717) is 35.0 Å². The molecule has 0 saturated heterocycles. The summed E-state index contributed by atoms with van der Waals surface area (Å²) >= 11 is 0. The number of benzene rings is 4. The van der Waals surface area contributed by atoms with Gasteiger partial charge in [0.2, 0.25) is 0 Å². The third kappa shape index (κ3) is 7.18. The predicted octanol–water partition coefficient (Wildman–Crippen LogP) is 4.36. The fourth-order valence-corrected chi connectivity index (χ4v) is 3.96. The van der Waals surface area contributed by atoms with E-state index < -0.39 is 17.8 Å². The van der Waals surface area contributed by atoms with Crippen molar-refractivity contribution in [2.24, 2.45) is 5.10 Å². The lowest BCUT2D eigenvalue weighted by Gasteiger charge is -2.12. The zero-order valence-electron chi connectivity index (χ0n) is 22.8. The maximum atomic E-state index is 13.0. The van der Waals surface area contributed by atoms with E-state index >= 15 is 0 Å². The smallest absolute Gasteiger partial charge is 0.343 e. The second-order valence-corrected chi connectivity index (χ2v) is 8.59. The molecule has 0 unspecified atom stereocenters. The second-order valence-electron chi connectivity index (χ2n) is 8.59. The molecule has 10 heteroatoms. The van der Waals surface area contributed by atoms with Crippen molar-refractivity contribution in [2.45, 2.75) is 6.92 Å². The number of fused-ring (bicyclic) bond motifs is 1. The number of nitrogens with one attached hydrogen (secondary N) is 2. The van der Waals surface area contributed by atoms with Crippen molar-refractivity contribution in [1.29, 1.82) is 0 Å². The van der Waals surface area contributed by atoms with Crippen LogP contribution in [0.1, 0.15) is 33.2 Å². The molecule has 0 aliphatic rings. The molecule has 10 nitrogen and oxygen atoms in total. The summed E-state index contributed by atoms with van der Waals surface area (Å²) < 4.78 is 21.6. The highest BCUT2D eigenvalue weighted by Crippen LogP contribution is 2.30. The SMILES string of the molecule is CCOc1ccc(C(=O)NCC(=O)N/N=C/c2c(OC(=O)c3ccc(OC)c(OC)c3)ccc3ccccc23)cc1. The molecule has 0 spiro atoms. The normalized spacial score (nSPS) is 10.7. The summed E-state index contributed by atoms with van der Waals surface area (Å²) in [6, 6.07) is 22.3. The summed E-state index contributed by atoms with van der Waals surface area (Å²) in [7, 11) is 2.98. The molecule has 0 atom stereocenters. The molecular weight excluding hydrogens is 526 g/mol. The molecule has 2 amide bonds. The van der Waals surface area contributed by atoms with Gasteiger partial charge in [0.15, 0.2) is 11.5 Å². The summed E-state index contributed by atoms with van der Waals surface area (Å²) in [5.74, 6) is 0.198. The summed E-state index contributed by atoms with van der Waals surface area (Å²) in [4.78, 5) is 37.7. The van der Waals surface area contributed by atoms with E-state index in [1.54, 1.807) is 42.5 Å². The fraction of sp³-hybridized carbons (Fsp3) is 0.161. The van der Waals surface area contributed by atoms with Crippen molar-refractivity contribution in [3.05, 3.63) is 95.6 Å².